The van der Waals surface area contributed by atoms with Crippen LogP contribution >= 0.6 is 0 Å². The highest BCUT2D eigenvalue weighted by molar-refractivity contribution is 7.89. The van der Waals surface area contributed by atoms with Gasteiger partial charge in [0, 0.05) is 17.3 Å². The molecule has 0 aliphatic carbocycles. The maximum Gasteiger partial charge on any atom is 0.321 e. The number of esters is 1. The molecular formula is C25H23N3O4S. The molecule has 3 aromatic carbocycles. The standard InChI is InChI=1S/C25H23N3O4S/c1-19-12-14-23(15-13-19)33(30,31)26-16-24(29)32-18-21-17-28(22-10-6-3-7-11-22)27-25(21)20-8-4-2-5-9-20/h2-15,17,26H,16,18H2,1H3. The number of sulfonamides is 1. The lowest BCUT2D eigenvalue weighted by molar-refractivity contribution is -0.143. The molecule has 0 saturated heterocycles. The third-order valence-electron chi connectivity index (χ3n) is 4.98. The largest absolute Gasteiger partial charge is 0.460 e. The molecule has 4 rings (SSSR count). The Morgan fingerprint density at radius 1 is 0.939 bits per heavy atom. The van der Waals surface area contributed by atoms with E-state index in [1.165, 1.54) is 12.1 Å². The smallest absolute Gasteiger partial charge is 0.321 e. The number of para-hydroxylation sites is 1. The van der Waals surface area contributed by atoms with Crippen molar-refractivity contribution in [3.05, 3.63) is 102 Å². The Morgan fingerprint density at radius 3 is 2.24 bits per heavy atom. The Balaban J connectivity index is 1.46. The molecule has 0 amide bonds. The van der Waals surface area contributed by atoms with Crippen LogP contribution in [-0.4, -0.2) is 30.7 Å². The van der Waals surface area contributed by atoms with Crippen molar-refractivity contribution in [3.63, 3.8) is 0 Å². The lowest BCUT2D eigenvalue weighted by Crippen LogP contribution is -2.30. The van der Waals surface area contributed by atoms with Crippen LogP contribution in [0.1, 0.15) is 11.1 Å². The molecule has 0 fully saturated rings. The van der Waals surface area contributed by atoms with Crippen molar-refractivity contribution in [2.75, 3.05) is 6.54 Å². The summed E-state index contributed by atoms with van der Waals surface area (Å²) in [5.41, 5.74) is 4.10. The first-order valence-electron chi connectivity index (χ1n) is 10.3. The second kappa shape index (κ2) is 9.81. The van der Waals surface area contributed by atoms with Crippen LogP contribution in [-0.2, 0) is 26.2 Å². The lowest BCUT2D eigenvalue weighted by Gasteiger charge is -2.08. The number of hydrogen-bond acceptors (Lipinski definition) is 5. The molecule has 0 aliphatic heterocycles. The van der Waals surface area contributed by atoms with E-state index >= 15 is 0 Å². The maximum absolute atomic E-state index is 12.4. The SMILES string of the molecule is Cc1ccc(S(=O)(=O)NCC(=O)OCc2cn(-c3ccccc3)nc2-c2ccccc2)cc1. The van der Waals surface area contributed by atoms with Gasteiger partial charge < -0.3 is 4.74 Å². The van der Waals surface area contributed by atoms with Crippen molar-refractivity contribution >= 4 is 16.0 Å². The first kappa shape index (κ1) is 22.4. The Labute approximate surface area is 192 Å². The average molecular weight is 462 g/mol. The molecule has 0 spiro atoms. The number of carbonyl (C=O) groups excluding carboxylic acids is 1. The van der Waals surface area contributed by atoms with E-state index in [9.17, 15) is 13.2 Å². The summed E-state index contributed by atoms with van der Waals surface area (Å²) in [6, 6.07) is 25.6. The molecule has 0 unspecified atom stereocenters. The van der Waals surface area contributed by atoms with Gasteiger partial charge in [0.05, 0.1) is 16.3 Å². The second-order valence-electron chi connectivity index (χ2n) is 7.45. The van der Waals surface area contributed by atoms with Crippen molar-refractivity contribution in [2.45, 2.75) is 18.4 Å². The number of rotatable bonds is 8. The van der Waals surface area contributed by atoms with Gasteiger partial charge in [0.1, 0.15) is 13.2 Å². The molecule has 0 aliphatic rings. The number of carbonyl (C=O) groups is 1. The molecule has 1 heterocycles. The number of aryl methyl sites for hydroxylation is 1. The van der Waals surface area contributed by atoms with Gasteiger partial charge in [0.25, 0.3) is 0 Å². The molecule has 33 heavy (non-hydrogen) atoms. The number of benzene rings is 3. The Kier molecular flexibility index (Phi) is 6.67. The van der Waals surface area contributed by atoms with Crippen LogP contribution in [0, 0.1) is 6.92 Å². The van der Waals surface area contributed by atoms with Gasteiger partial charge in [-0.2, -0.15) is 9.82 Å². The summed E-state index contributed by atoms with van der Waals surface area (Å²) in [5, 5.41) is 4.67. The molecule has 8 heteroatoms. The zero-order valence-electron chi connectivity index (χ0n) is 18.0. The van der Waals surface area contributed by atoms with Gasteiger partial charge >= 0.3 is 5.97 Å². The Hall–Kier alpha value is -3.75. The Morgan fingerprint density at radius 2 is 1.58 bits per heavy atom. The van der Waals surface area contributed by atoms with E-state index in [0.717, 1.165) is 16.8 Å². The van der Waals surface area contributed by atoms with E-state index in [1.807, 2.05) is 67.6 Å². The minimum Gasteiger partial charge on any atom is -0.460 e. The average Bonchev–Trinajstić information content (AvgIpc) is 3.27. The van der Waals surface area contributed by atoms with Crippen LogP contribution in [0.3, 0.4) is 0 Å². The first-order valence-corrected chi connectivity index (χ1v) is 11.8. The number of aromatic nitrogens is 2. The van der Waals surface area contributed by atoms with Crippen molar-refractivity contribution in [3.8, 4) is 16.9 Å². The normalized spacial score (nSPS) is 11.3. The van der Waals surface area contributed by atoms with E-state index in [-0.39, 0.29) is 11.5 Å². The molecule has 1 aromatic heterocycles. The summed E-state index contributed by atoms with van der Waals surface area (Å²) in [7, 11) is -3.81. The number of ether oxygens (including phenoxy) is 1. The van der Waals surface area contributed by atoms with Crippen molar-refractivity contribution in [1.82, 2.24) is 14.5 Å². The fraction of sp³-hybridized carbons (Fsp3) is 0.120. The van der Waals surface area contributed by atoms with E-state index in [1.54, 1.807) is 23.0 Å². The van der Waals surface area contributed by atoms with E-state index in [0.29, 0.717) is 11.3 Å². The van der Waals surface area contributed by atoms with Crippen LogP contribution in [0.5, 0.6) is 0 Å². The molecule has 0 atom stereocenters. The van der Waals surface area contributed by atoms with E-state index < -0.39 is 22.5 Å². The minimum absolute atomic E-state index is 0.0395. The third-order valence-corrected chi connectivity index (χ3v) is 6.40. The van der Waals surface area contributed by atoms with Gasteiger partial charge in [-0.25, -0.2) is 13.1 Å². The Bertz CT molecular complexity index is 1330. The highest BCUT2D eigenvalue weighted by Crippen LogP contribution is 2.24. The predicted molar refractivity (Wildman–Crippen MR) is 125 cm³/mol. The third kappa shape index (κ3) is 5.54. The maximum atomic E-state index is 12.4. The topological polar surface area (TPSA) is 90.3 Å². The predicted octanol–water partition coefficient (Wildman–Crippen LogP) is 3.87. The first-order chi connectivity index (χ1) is 15.9. The molecular weight excluding hydrogens is 438 g/mol. The number of nitrogens with one attached hydrogen (secondary N) is 1. The highest BCUT2D eigenvalue weighted by atomic mass is 32.2. The minimum atomic E-state index is -3.81. The van der Waals surface area contributed by atoms with Crippen molar-refractivity contribution in [1.29, 1.82) is 0 Å². The molecule has 4 aromatic rings. The van der Waals surface area contributed by atoms with Gasteiger partial charge in [-0.3, -0.25) is 4.79 Å². The molecule has 0 saturated carbocycles. The zero-order valence-corrected chi connectivity index (χ0v) is 18.8. The van der Waals surface area contributed by atoms with Crippen LogP contribution in [0.2, 0.25) is 0 Å². The quantitative estimate of drug-likeness (QED) is 0.402. The van der Waals surface area contributed by atoms with Crippen LogP contribution in [0.4, 0.5) is 0 Å². The fourth-order valence-corrected chi connectivity index (χ4v) is 4.20. The van der Waals surface area contributed by atoms with Gasteiger partial charge in [-0.15, -0.1) is 0 Å². The zero-order chi connectivity index (χ0) is 23.3. The number of nitrogens with zero attached hydrogens (tertiary/aromatic N) is 2. The van der Waals surface area contributed by atoms with Crippen molar-refractivity contribution < 1.29 is 17.9 Å². The van der Waals surface area contributed by atoms with E-state index in [4.69, 9.17) is 4.74 Å². The molecule has 0 radical (unpaired) electrons. The van der Waals surface area contributed by atoms with Crippen LogP contribution < -0.4 is 4.72 Å². The summed E-state index contributed by atoms with van der Waals surface area (Å²) >= 11 is 0. The summed E-state index contributed by atoms with van der Waals surface area (Å²) in [6.07, 6.45) is 1.81. The number of hydrogen-bond donors (Lipinski definition) is 1. The van der Waals surface area contributed by atoms with Gasteiger partial charge in [0.15, 0.2) is 0 Å². The molecule has 7 nitrogen and oxygen atoms in total. The molecule has 168 valence electrons. The molecule has 1 N–H and O–H groups in total. The fourth-order valence-electron chi connectivity index (χ4n) is 3.23. The summed E-state index contributed by atoms with van der Waals surface area (Å²) in [4.78, 5) is 12.4. The van der Waals surface area contributed by atoms with Crippen LogP contribution in [0.25, 0.3) is 16.9 Å². The monoisotopic (exact) mass is 461 g/mol. The summed E-state index contributed by atoms with van der Waals surface area (Å²) in [6.45, 7) is 1.36. The van der Waals surface area contributed by atoms with E-state index in [2.05, 4.69) is 9.82 Å². The van der Waals surface area contributed by atoms with Gasteiger partial charge in [-0.05, 0) is 31.2 Å². The molecule has 0 bridgehead atoms. The van der Waals surface area contributed by atoms with Crippen molar-refractivity contribution in [2.24, 2.45) is 0 Å². The van der Waals surface area contributed by atoms with Gasteiger partial charge in [0.2, 0.25) is 10.0 Å². The summed E-state index contributed by atoms with van der Waals surface area (Å²) < 4.78 is 34.2. The van der Waals surface area contributed by atoms with Crippen LogP contribution in [0.15, 0.2) is 96.0 Å². The highest BCUT2D eigenvalue weighted by Gasteiger charge is 2.18. The lowest BCUT2D eigenvalue weighted by atomic mass is 10.1. The van der Waals surface area contributed by atoms with Gasteiger partial charge in [-0.1, -0.05) is 66.2 Å². The summed E-state index contributed by atoms with van der Waals surface area (Å²) in [5.74, 6) is -0.683. The second-order valence-corrected chi connectivity index (χ2v) is 9.21.